The fourth-order valence-electron chi connectivity index (χ4n) is 2.27. The van der Waals surface area contributed by atoms with Crippen LogP contribution in [0.3, 0.4) is 0 Å². The van der Waals surface area contributed by atoms with Crippen molar-refractivity contribution in [1.82, 2.24) is 0 Å². The Morgan fingerprint density at radius 1 is 1.19 bits per heavy atom. The van der Waals surface area contributed by atoms with Crippen molar-refractivity contribution in [2.45, 2.75) is 18.7 Å². The highest BCUT2D eigenvalue weighted by Crippen LogP contribution is 2.30. The number of anilines is 1. The number of benzene rings is 2. The normalized spacial score (nSPS) is 12.1. The summed E-state index contributed by atoms with van der Waals surface area (Å²) in [5.41, 5.74) is 3.24. The van der Waals surface area contributed by atoms with E-state index in [1.54, 1.807) is 0 Å². The van der Waals surface area contributed by atoms with E-state index in [2.05, 4.69) is 67.6 Å². The summed E-state index contributed by atoms with van der Waals surface area (Å²) in [6, 6.07) is 12.6. The van der Waals surface area contributed by atoms with Crippen LogP contribution >= 0.6 is 12.6 Å². The lowest BCUT2D eigenvalue weighted by molar-refractivity contribution is 1.15. The standard InChI is InChI=1S/C19H21NS/c1-5-8-14(2)15(3)13-20(4)18-11-16-9-6-7-10-17(16)12-19(18)21/h5-13,21H,2H2,1,3-4H3/b8-5+,15-13+. The Bertz CT molecular complexity index is 725. The van der Waals surface area contributed by atoms with Gasteiger partial charge in [-0.15, -0.1) is 12.6 Å². The van der Waals surface area contributed by atoms with Gasteiger partial charge in [0.15, 0.2) is 0 Å². The van der Waals surface area contributed by atoms with Crippen molar-refractivity contribution in [2.75, 3.05) is 11.9 Å². The molecular formula is C19H21NS. The lowest BCUT2D eigenvalue weighted by atomic mass is 10.1. The third-order valence-electron chi connectivity index (χ3n) is 3.48. The average molecular weight is 295 g/mol. The zero-order chi connectivity index (χ0) is 15.4. The summed E-state index contributed by atoms with van der Waals surface area (Å²) in [5.74, 6) is 0. The smallest absolute Gasteiger partial charge is 0.0545 e. The van der Waals surface area contributed by atoms with Gasteiger partial charge in [0.2, 0.25) is 0 Å². The molecule has 0 amide bonds. The Morgan fingerprint density at radius 2 is 1.81 bits per heavy atom. The second kappa shape index (κ2) is 6.68. The predicted octanol–water partition coefficient (Wildman–Crippen LogP) is 5.60. The number of allylic oxidation sites excluding steroid dienone is 4. The minimum absolute atomic E-state index is 0.969. The van der Waals surface area contributed by atoms with Crippen LogP contribution in [0.15, 0.2) is 77.4 Å². The molecule has 0 aliphatic carbocycles. The fourth-order valence-corrected chi connectivity index (χ4v) is 2.64. The van der Waals surface area contributed by atoms with E-state index in [1.165, 1.54) is 10.8 Å². The van der Waals surface area contributed by atoms with E-state index in [-0.39, 0.29) is 0 Å². The van der Waals surface area contributed by atoms with Gasteiger partial charge in [-0.25, -0.2) is 0 Å². The molecule has 0 aliphatic heterocycles. The van der Waals surface area contributed by atoms with E-state index in [1.807, 2.05) is 32.2 Å². The van der Waals surface area contributed by atoms with Crippen molar-refractivity contribution in [2.24, 2.45) is 0 Å². The van der Waals surface area contributed by atoms with E-state index < -0.39 is 0 Å². The van der Waals surface area contributed by atoms with Crippen LogP contribution in [0, 0.1) is 0 Å². The van der Waals surface area contributed by atoms with Gasteiger partial charge in [0.1, 0.15) is 0 Å². The monoisotopic (exact) mass is 295 g/mol. The number of rotatable bonds is 4. The Labute approximate surface area is 132 Å². The molecule has 1 nitrogen and oxygen atoms in total. The molecule has 2 aromatic rings. The van der Waals surface area contributed by atoms with Crippen LogP contribution in [0.4, 0.5) is 5.69 Å². The SMILES string of the molecule is C=C(/C=C/C)/C(C)=C/N(C)c1cc2ccccc2cc1S. The van der Waals surface area contributed by atoms with Crippen molar-refractivity contribution in [3.8, 4) is 0 Å². The van der Waals surface area contributed by atoms with Crippen LogP contribution < -0.4 is 4.90 Å². The van der Waals surface area contributed by atoms with Crippen molar-refractivity contribution >= 4 is 29.1 Å². The van der Waals surface area contributed by atoms with Gasteiger partial charge in [-0.2, -0.15) is 0 Å². The van der Waals surface area contributed by atoms with Gasteiger partial charge in [0.05, 0.1) is 5.69 Å². The van der Waals surface area contributed by atoms with Crippen LogP contribution in [-0.2, 0) is 0 Å². The molecule has 0 fully saturated rings. The molecule has 108 valence electrons. The molecule has 0 atom stereocenters. The molecule has 0 bridgehead atoms. The van der Waals surface area contributed by atoms with E-state index in [0.717, 1.165) is 21.7 Å². The van der Waals surface area contributed by atoms with Gasteiger partial charge in [-0.1, -0.05) is 43.0 Å². The summed E-state index contributed by atoms with van der Waals surface area (Å²) in [5, 5.41) is 2.43. The Kier molecular flexibility index (Phi) is 4.92. The molecule has 0 saturated carbocycles. The summed E-state index contributed by atoms with van der Waals surface area (Å²) >= 11 is 4.62. The largest absolute Gasteiger partial charge is 0.350 e. The maximum Gasteiger partial charge on any atom is 0.0545 e. The molecule has 0 N–H and O–H groups in total. The van der Waals surface area contributed by atoms with Gasteiger partial charge < -0.3 is 4.90 Å². The molecule has 2 aromatic carbocycles. The van der Waals surface area contributed by atoms with Crippen LogP contribution in [0.25, 0.3) is 10.8 Å². The van der Waals surface area contributed by atoms with E-state index in [4.69, 9.17) is 0 Å². The minimum atomic E-state index is 0.969. The summed E-state index contributed by atoms with van der Waals surface area (Å²) in [4.78, 5) is 3.07. The van der Waals surface area contributed by atoms with Crippen molar-refractivity contribution in [1.29, 1.82) is 0 Å². The van der Waals surface area contributed by atoms with Crippen molar-refractivity contribution in [3.63, 3.8) is 0 Å². The Balaban J connectivity index is 2.39. The highest BCUT2D eigenvalue weighted by atomic mass is 32.1. The maximum absolute atomic E-state index is 4.62. The van der Waals surface area contributed by atoms with E-state index in [9.17, 15) is 0 Å². The van der Waals surface area contributed by atoms with Gasteiger partial charge in [0, 0.05) is 18.1 Å². The highest BCUT2D eigenvalue weighted by molar-refractivity contribution is 7.80. The van der Waals surface area contributed by atoms with Gasteiger partial charge in [0.25, 0.3) is 0 Å². The average Bonchev–Trinajstić information content (AvgIpc) is 2.46. The van der Waals surface area contributed by atoms with Crippen LogP contribution in [0.2, 0.25) is 0 Å². The van der Waals surface area contributed by atoms with Gasteiger partial charge >= 0.3 is 0 Å². The fraction of sp³-hybridized carbons (Fsp3) is 0.158. The van der Waals surface area contributed by atoms with E-state index >= 15 is 0 Å². The third kappa shape index (κ3) is 3.59. The van der Waals surface area contributed by atoms with Gasteiger partial charge in [-0.3, -0.25) is 0 Å². The molecule has 21 heavy (non-hydrogen) atoms. The van der Waals surface area contributed by atoms with Crippen LogP contribution in [0.1, 0.15) is 13.8 Å². The number of nitrogens with zero attached hydrogens (tertiary/aromatic N) is 1. The number of fused-ring (bicyclic) bond motifs is 1. The zero-order valence-electron chi connectivity index (χ0n) is 12.8. The lowest BCUT2D eigenvalue weighted by Gasteiger charge is -2.19. The lowest BCUT2D eigenvalue weighted by Crippen LogP contribution is -2.10. The van der Waals surface area contributed by atoms with Gasteiger partial charge in [-0.05, 0) is 47.9 Å². The maximum atomic E-state index is 4.62. The second-order valence-electron chi connectivity index (χ2n) is 5.14. The molecule has 0 aromatic heterocycles. The topological polar surface area (TPSA) is 3.24 Å². The first-order valence-electron chi connectivity index (χ1n) is 6.98. The third-order valence-corrected chi connectivity index (χ3v) is 3.84. The second-order valence-corrected chi connectivity index (χ2v) is 5.62. The number of hydrogen-bond acceptors (Lipinski definition) is 2. The minimum Gasteiger partial charge on any atom is -0.350 e. The van der Waals surface area contributed by atoms with Crippen LogP contribution in [-0.4, -0.2) is 7.05 Å². The number of thiol groups is 1. The molecule has 0 spiro atoms. The molecule has 2 heteroatoms. The Hall–Kier alpha value is -1.93. The Morgan fingerprint density at radius 3 is 2.43 bits per heavy atom. The van der Waals surface area contributed by atoms with Crippen molar-refractivity contribution < 1.29 is 0 Å². The van der Waals surface area contributed by atoms with E-state index in [0.29, 0.717) is 0 Å². The zero-order valence-corrected chi connectivity index (χ0v) is 13.7. The molecule has 0 radical (unpaired) electrons. The predicted molar refractivity (Wildman–Crippen MR) is 97.3 cm³/mol. The summed E-state index contributed by atoms with van der Waals surface area (Å²) in [6.45, 7) is 8.13. The number of hydrogen-bond donors (Lipinski definition) is 1. The first-order chi connectivity index (χ1) is 10.0. The molecule has 0 saturated heterocycles. The molecule has 2 rings (SSSR count). The van der Waals surface area contributed by atoms with Crippen molar-refractivity contribution in [3.05, 3.63) is 72.5 Å². The molecule has 0 aliphatic rings. The molecular weight excluding hydrogens is 274 g/mol. The van der Waals surface area contributed by atoms with Crippen LogP contribution in [0.5, 0.6) is 0 Å². The highest BCUT2D eigenvalue weighted by Gasteiger charge is 2.06. The molecule has 0 unspecified atom stereocenters. The summed E-state index contributed by atoms with van der Waals surface area (Å²) in [7, 11) is 2.04. The first kappa shape index (κ1) is 15.5. The quantitative estimate of drug-likeness (QED) is 0.567. The summed E-state index contributed by atoms with van der Waals surface area (Å²) < 4.78 is 0. The molecule has 0 heterocycles. The first-order valence-corrected chi connectivity index (χ1v) is 7.42. The summed E-state index contributed by atoms with van der Waals surface area (Å²) in [6.07, 6.45) is 6.10.